The lowest BCUT2D eigenvalue weighted by atomic mass is 10.2. The van der Waals surface area contributed by atoms with Gasteiger partial charge in [-0.05, 0) is 61.0 Å². The molecule has 0 aliphatic heterocycles. The van der Waals surface area contributed by atoms with Gasteiger partial charge < -0.3 is 9.73 Å². The lowest BCUT2D eigenvalue weighted by Gasteiger charge is -2.13. The van der Waals surface area contributed by atoms with E-state index in [-0.39, 0.29) is 0 Å². The molecule has 3 nitrogen and oxygen atoms in total. The zero-order valence-corrected chi connectivity index (χ0v) is 13.4. The fraction of sp³-hybridized carbons (Fsp3) is 0.500. The minimum atomic E-state index is 0.827. The summed E-state index contributed by atoms with van der Waals surface area (Å²) in [6, 6.07) is 4.34. The standard InChI is InChI=1S/C16H24N2OS/c1-4-6-17-9-16-13(2)8-15(19-16)11-18(3)10-14-5-7-20-12-14/h5,7-8,12,17H,4,6,9-11H2,1-3H3. The van der Waals surface area contributed by atoms with Gasteiger partial charge in [-0.15, -0.1) is 0 Å². The zero-order chi connectivity index (χ0) is 14.4. The Bertz CT molecular complexity index is 505. The van der Waals surface area contributed by atoms with Gasteiger partial charge in [0, 0.05) is 6.54 Å². The fourth-order valence-electron chi connectivity index (χ4n) is 2.24. The normalized spacial score (nSPS) is 11.4. The van der Waals surface area contributed by atoms with Gasteiger partial charge in [-0.2, -0.15) is 11.3 Å². The zero-order valence-electron chi connectivity index (χ0n) is 12.6. The first-order valence-corrected chi connectivity index (χ1v) is 8.12. The Balaban J connectivity index is 1.87. The highest BCUT2D eigenvalue weighted by molar-refractivity contribution is 7.07. The molecule has 20 heavy (non-hydrogen) atoms. The molecule has 0 amide bonds. The van der Waals surface area contributed by atoms with Crippen LogP contribution in [0.5, 0.6) is 0 Å². The third kappa shape index (κ3) is 4.47. The Hall–Kier alpha value is -1.10. The molecule has 2 rings (SSSR count). The van der Waals surface area contributed by atoms with E-state index in [2.05, 4.69) is 54.0 Å². The lowest BCUT2D eigenvalue weighted by Crippen LogP contribution is -2.16. The van der Waals surface area contributed by atoms with Crippen LogP contribution in [-0.4, -0.2) is 18.5 Å². The Morgan fingerprint density at radius 1 is 1.35 bits per heavy atom. The van der Waals surface area contributed by atoms with Crippen LogP contribution in [0.25, 0.3) is 0 Å². The second-order valence-corrected chi connectivity index (χ2v) is 6.08. The van der Waals surface area contributed by atoms with Crippen molar-refractivity contribution in [2.75, 3.05) is 13.6 Å². The van der Waals surface area contributed by atoms with Crippen LogP contribution in [0.15, 0.2) is 27.3 Å². The van der Waals surface area contributed by atoms with Crippen LogP contribution >= 0.6 is 11.3 Å². The molecule has 0 fully saturated rings. The number of hydrogen-bond acceptors (Lipinski definition) is 4. The van der Waals surface area contributed by atoms with Crippen LogP contribution in [0.1, 0.15) is 36.0 Å². The predicted molar refractivity (Wildman–Crippen MR) is 84.9 cm³/mol. The van der Waals surface area contributed by atoms with Gasteiger partial charge in [0.2, 0.25) is 0 Å². The Labute approximate surface area is 125 Å². The lowest BCUT2D eigenvalue weighted by molar-refractivity contribution is 0.283. The molecule has 0 bridgehead atoms. The Kier molecular flexibility index (Phi) is 5.83. The van der Waals surface area contributed by atoms with Crippen molar-refractivity contribution in [3.05, 3.63) is 45.5 Å². The van der Waals surface area contributed by atoms with E-state index in [9.17, 15) is 0 Å². The van der Waals surface area contributed by atoms with Crippen LogP contribution in [0.2, 0.25) is 0 Å². The summed E-state index contributed by atoms with van der Waals surface area (Å²) < 4.78 is 5.95. The third-order valence-corrected chi connectivity index (χ3v) is 3.97. The molecule has 0 aromatic carbocycles. The highest BCUT2D eigenvalue weighted by atomic mass is 32.1. The summed E-state index contributed by atoms with van der Waals surface area (Å²) >= 11 is 1.75. The van der Waals surface area contributed by atoms with Gasteiger partial charge in [0.05, 0.1) is 13.1 Å². The maximum atomic E-state index is 5.95. The van der Waals surface area contributed by atoms with E-state index in [1.165, 1.54) is 11.1 Å². The fourth-order valence-corrected chi connectivity index (χ4v) is 2.90. The summed E-state index contributed by atoms with van der Waals surface area (Å²) in [5.74, 6) is 2.12. The van der Waals surface area contributed by atoms with E-state index in [1.807, 2.05) is 0 Å². The maximum Gasteiger partial charge on any atom is 0.120 e. The van der Waals surface area contributed by atoms with Crippen molar-refractivity contribution in [2.45, 2.75) is 39.9 Å². The van der Waals surface area contributed by atoms with Gasteiger partial charge in [0.1, 0.15) is 11.5 Å². The number of nitrogens with one attached hydrogen (secondary N) is 1. The third-order valence-electron chi connectivity index (χ3n) is 3.24. The number of aryl methyl sites for hydroxylation is 1. The van der Waals surface area contributed by atoms with Crippen molar-refractivity contribution in [2.24, 2.45) is 0 Å². The van der Waals surface area contributed by atoms with Crippen LogP contribution in [0.3, 0.4) is 0 Å². The van der Waals surface area contributed by atoms with Crippen LogP contribution in [0, 0.1) is 6.92 Å². The number of nitrogens with zero attached hydrogens (tertiary/aromatic N) is 1. The second-order valence-electron chi connectivity index (χ2n) is 5.30. The molecule has 1 N–H and O–H groups in total. The van der Waals surface area contributed by atoms with Crippen molar-refractivity contribution < 1.29 is 4.42 Å². The number of furan rings is 1. The Morgan fingerprint density at radius 2 is 2.20 bits per heavy atom. The minimum Gasteiger partial charge on any atom is -0.463 e. The number of hydrogen-bond donors (Lipinski definition) is 1. The molecule has 0 aliphatic carbocycles. The van der Waals surface area contributed by atoms with Gasteiger partial charge in [0.25, 0.3) is 0 Å². The largest absolute Gasteiger partial charge is 0.463 e. The second kappa shape index (κ2) is 7.62. The molecule has 2 aromatic rings. The molecular formula is C16H24N2OS. The van der Waals surface area contributed by atoms with Gasteiger partial charge >= 0.3 is 0 Å². The Morgan fingerprint density at radius 3 is 2.90 bits per heavy atom. The SMILES string of the molecule is CCCNCc1oc(CN(C)Cc2ccsc2)cc1C. The van der Waals surface area contributed by atoms with Gasteiger partial charge in [-0.1, -0.05) is 6.92 Å². The minimum absolute atomic E-state index is 0.827. The maximum absolute atomic E-state index is 5.95. The molecule has 0 aliphatic rings. The molecule has 2 aromatic heterocycles. The summed E-state index contributed by atoms with van der Waals surface area (Å²) in [5, 5.41) is 7.71. The van der Waals surface area contributed by atoms with Crippen LogP contribution in [-0.2, 0) is 19.6 Å². The van der Waals surface area contributed by atoms with E-state index >= 15 is 0 Å². The molecule has 0 saturated carbocycles. The summed E-state index contributed by atoms with van der Waals surface area (Å²) in [6.45, 7) is 7.97. The monoisotopic (exact) mass is 292 g/mol. The highest BCUT2D eigenvalue weighted by Gasteiger charge is 2.10. The van der Waals surface area contributed by atoms with E-state index < -0.39 is 0 Å². The smallest absolute Gasteiger partial charge is 0.120 e. The molecule has 0 unspecified atom stereocenters. The first kappa shape index (κ1) is 15.3. The predicted octanol–water partition coefficient (Wildman–Crippen LogP) is 3.78. The van der Waals surface area contributed by atoms with E-state index in [1.54, 1.807) is 11.3 Å². The molecule has 0 saturated heterocycles. The first-order valence-electron chi connectivity index (χ1n) is 7.17. The molecule has 0 radical (unpaired) electrons. The average Bonchev–Trinajstić information content (AvgIpc) is 3.00. The molecule has 2 heterocycles. The van der Waals surface area contributed by atoms with Crippen LogP contribution in [0.4, 0.5) is 0 Å². The van der Waals surface area contributed by atoms with Crippen molar-refractivity contribution >= 4 is 11.3 Å². The number of thiophene rings is 1. The summed E-state index contributed by atoms with van der Waals surface area (Å²) in [7, 11) is 2.13. The summed E-state index contributed by atoms with van der Waals surface area (Å²) in [6.07, 6.45) is 1.15. The highest BCUT2D eigenvalue weighted by Crippen LogP contribution is 2.17. The average molecular weight is 292 g/mol. The summed E-state index contributed by atoms with van der Waals surface area (Å²) in [4.78, 5) is 2.28. The summed E-state index contributed by atoms with van der Waals surface area (Å²) in [5.41, 5.74) is 2.61. The topological polar surface area (TPSA) is 28.4 Å². The molecule has 4 heteroatoms. The quantitative estimate of drug-likeness (QED) is 0.751. The van der Waals surface area contributed by atoms with Crippen molar-refractivity contribution in [3.63, 3.8) is 0 Å². The molecule has 0 atom stereocenters. The van der Waals surface area contributed by atoms with Gasteiger partial charge in [-0.25, -0.2) is 0 Å². The molecule has 0 spiro atoms. The molecular weight excluding hydrogens is 268 g/mol. The van der Waals surface area contributed by atoms with E-state index in [0.29, 0.717) is 0 Å². The van der Waals surface area contributed by atoms with E-state index in [0.717, 1.165) is 44.1 Å². The van der Waals surface area contributed by atoms with Crippen molar-refractivity contribution in [1.82, 2.24) is 10.2 Å². The van der Waals surface area contributed by atoms with E-state index in [4.69, 9.17) is 4.42 Å². The van der Waals surface area contributed by atoms with Crippen molar-refractivity contribution in [3.8, 4) is 0 Å². The van der Waals surface area contributed by atoms with Crippen LogP contribution < -0.4 is 5.32 Å². The van der Waals surface area contributed by atoms with Gasteiger partial charge in [0.15, 0.2) is 0 Å². The van der Waals surface area contributed by atoms with Crippen molar-refractivity contribution in [1.29, 1.82) is 0 Å². The number of rotatable bonds is 8. The van der Waals surface area contributed by atoms with Gasteiger partial charge in [-0.3, -0.25) is 4.90 Å². The first-order chi connectivity index (χ1) is 9.69. The molecule has 110 valence electrons.